The summed E-state index contributed by atoms with van der Waals surface area (Å²) in [5.74, 6) is 6.65. The van der Waals surface area contributed by atoms with E-state index in [2.05, 4.69) is 12.0 Å². The van der Waals surface area contributed by atoms with Crippen molar-refractivity contribution in [2.75, 3.05) is 14.2 Å². The van der Waals surface area contributed by atoms with Gasteiger partial charge in [-0.2, -0.15) is 0 Å². The summed E-state index contributed by atoms with van der Waals surface area (Å²) in [6.07, 6.45) is 0.878. The Bertz CT molecular complexity index is 388. The van der Waals surface area contributed by atoms with Crippen molar-refractivity contribution in [3.05, 3.63) is 29.3 Å². The van der Waals surface area contributed by atoms with E-state index in [1.54, 1.807) is 14.2 Å². The minimum Gasteiger partial charge on any atom is -0.496 e. The molecule has 0 atom stereocenters. The summed E-state index contributed by atoms with van der Waals surface area (Å²) in [5.41, 5.74) is 7.74. The van der Waals surface area contributed by atoms with Crippen molar-refractivity contribution in [3.63, 3.8) is 0 Å². The van der Waals surface area contributed by atoms with Crippen molar-refractivity contribution in [1.29, 1.82) is 0 Å². The molecule has 4 N–H and O–H groups in total. The van der Waals surface area contributed by atoms with Crippen molar-refractivity contribution in [1.82, 2.24) is 5.12 Å². The zero-order chi connectivity index (χ0) is 12.1. The Hall–Kier alpha value is -1.75. The van der Waals surface area contributed by atoms with Gasteiger partial charge >= 0.3 is 0 Å². The van der Waals surface area contributed by atoms with E-state index in [4.69, 9.17) is 16.3 Å². The predicted octanol–water partition coefficient (Wildman–Crippen LogP) is 0.683. The van der Waals surface area contributed by atoms with Gasteiger partial charge in [0.15, 0.2) is 5.84 Å². The van der Waals surface area contributed by atoms with E-state index in [0.717, 1.165) is 23.3 Å². The summed E-state index contributed by atoms with van der Waals surface area (Å²) >= 11 is 0. The molecule has 0 spiro atoms. The molecule has 5 heteroatoms. The third-order valence-electron chi connectivity index (χ3n) is 2.22. The van der Waals surface area contributed by atoms with Gasteiger partial charge < -0.3 is 10.5 Å². The Morgan fingerprint density at radius 2 is 2.19 bits per heavy atom. The third-order valence-corrected chi connectivity index (χ3v) is 2.22. The largest absolute Gasteiger partial charge is 0.496 e. The maximum absolute atomic E-state index is 5.80. The Morgan fingerprint density at radius 3 is 2.69 bits per heavy atom. The van der Waals surface area contributed by atoms with Crippen LogP contribution in [0.2, 0.25) is 0 Å². The summed E-state index contributed by atoms with van der Waals surface area (Å²) in [6.45, 7) is 2.06. The number of hydrazine groups is 1. The highest BCUT2D eigenvalue weighted by molar-refractivity contribution is 5.97. The van der Waals surface area contributed by atoms with Crippen LogP contribution in [0.15, 0.2) is 23.3 Å². The lowest BCUT2D eigenvalue weighted by molar-refractivity contribution is 0.371. The number of nitrogens with zero attached hydrogens (tertiary/aromatic N) is 2. The zero-order valence-electron chi connectivity index (χ0n) is 9.90. The van der Waals surface area contributed by atoms with Gasteiger partial charge in [0.25, 0.3) is 0 Å². The number of nitrogens with two attached hydrogens (primary N) is 2. The van der Waals surface area contributed by atoms with E-state index >= 15 is 0 Å². The molecule has 0 radical (unpaired) electrons. The zero-order valence-corrected chi connectivity index (χ0v) is 9.90. The first-order valence-corrected chi connectivity index (χ1v) is 5.08. The van der Waals surface area contributed by atoms with E-state index in [9.17, 15) is 0 Å². The minimum atomic E-state index is 0.391. The summed E-state index contributed by atoms with van der Waals surface area (Å²) in [7, 11) is 3.27. The third kappa shape index (κ3) is 2.87. The Morgan fingerprint density at radius 1 is 1.50 bits per heavy atom. The first-order valence-electron chi connectivity index (χ1n) is 5.08. The van der Waals surface area contributed by atoms with Gasteiger partial charge in [-0.3, -0.25) is 0 Å². The molecule has 16 heavy (non-hydrogen) atoms. The van der Waals surface area contributed by atoms with Crippen LogP contribution >= 0.6 is 0 Å². The van der Waals surface area contributed by atoms with Gasteiger partial charge in [0.05, 0.1) is 7.11 Å². The number of ether oxygens (including phenoxy) is 1. The van der Waals surface area contributed by atoms with Gasteiger partial charge in [-0.05, 0) is 30.2 Å². The number of benzene rings is 1. The smallest absolute Gasteiger partial charge is 0.152 e. The molecule has 1 aromatic carbocycles. The topological polar surface area (TPSA) is 76.9 Å². The number of rotatable bonds is 4. The van der Waals surface area contributed by atoms with Crippen molar-refractivity contribution in [2.45, 2.75) is 13.3 Å². The van der Waals surface area contributed by atoms with Gasteiger partial charge in [0, 0.05) is 12.6 Å². The van der Waals surface area contributed by atoms with Crippen molar-refractivity contribution < 1.29 is 4.74 Å². The second-order valence-corrected chi connectivity index (χ2v) is 3.44. The van der Waals surface area contributed by atoms with Crippen molar-refractivity contribution in [2.24, 2.45) is 16.7 Å². The van der Waals surface area contributed by atoms with Gasteiger partial charge in [-0.15, -0.1) is 5.10 Å². The monoisotopic (exact) mass is 222 g/mol. The molecule has 1 aromatic rings. The van der Waals surface area contributed by atoms with Crippen LogP contribution in [-0.2, 0) is 6.42 Å². The van der Waals surface area contributed by atoms with Crippen molar-refractivity contribution >= 4 is 5.84 Å². The lowest BCUT2D eigenvalue weighted by Gasteiger charge is -2.10. The molecule has 1 rings (SSSR count). The van der Waals surface area contributed by atoms with Crippen LogP contribution < -0.4 is 16.3 Å². The van der Waals surface area contributed by atoms with Gasteiger partial charge in [-0.25, -0.2) is 11.0 Å². The van der Waals surface area contributed by atoms with Gasteiger partial charge in [0.1, 0.15) is 5.75 Å². The molecule has 0 aliphatic carbocycles. The van der Waals surface area contributed by atoms with E-state index < -0.39 is 0 Å². The van der Waals surface area contributed by atoms with Crippen LogP contribution in [0.1, 0.15) is 18.1 Å². The lowest BCUT2D eigenvalue weighted by atomic mass is 10.1. The molecule has 0 heterocycles. The molecular formula is C11H18N4O. The normalized spacial score (nSPS) is 11.4. The van der Waals surface area contributed by atoms with E-state index in [1.165, 1.54) is 5.12 Å². The molecule has 0 fully saturated rings. The molecule has 0 bridgehead atoms. The Kier molecular flexibility index (Phi) is 4.13. The minimum absolute atomic E-state index is 0.391. The van der Waals surface area contributed by atoms with Crippen molar-refractivity contribution in [3.8, 4) is 5.75 Å². The average Bonchev–Trinajstić information content (AvgIpc) is 2.27. The van der Waals surface area contributed by atoms with Gasteiger partial charge in [-0.1, -0.05) is 6.92 Å². The highest BCUT2D eigenvalue weighted by atomic mass is 16.5. The fraction of sp³-hybridized carbons (Fsp3) is 0.364. The Balaban J connectivity index is 3.08. The van der Waals surface area contributed by atoms with E-state index in [1.807, 2.05) is 18.2 Å². The summed E-state index contributed by atoms with van der Waals surface area (Å²) < 4.78 is 5.24. The molecule has 88 valence electrons. The molecule has 0 saturated carbocycles. The maximum atomic E-state index is 5.80. The van der Waals surface area contributed by atoms with Crippen LogP contribution in [0.5, 0.6) is 5.75 Å². The highest BCUT2D eigenvalue weighted by Gasteiger charge is 2.05. The fourth-order valence-corrected chi connectivity index (χ4v) is 1.44. The number of amidine groups is 1. The summed E-state index contributed by atoms with van der Waals surface area (Å²) in [4.78, 5) is 0. The first-order chi connectivity index (χ1) is 7.58. The molecule has 5 nitrogen and oxygen atoms in total. The average molecular weight is 222 g/mol. The van der Waals surface area contributed by atoms with E-state index in [0.29, 0.717) is 5.84 Å². The Labute approximate surface area is 95.6 Å². The number of methoxy groups -OCH3 is 1. The molecule has 0 unspecified atom stereocenters. The highest BCUT2D eigenvalue weighted by Crippen LogP contribution is 2.20. The van der Waals surface area contributed by atoms with Crippen LogP contribution in [0, 0.1) is 0 Å². The van der Waals surface area contributed by atoms with Crippen LogP contribution in [0.4, 0.5) is 0 Å². The summed E-state index contributed by atoms with van der Waals surface area (Å²) in [5, 5.41) is 5.13. The molecule has 0 amide bonds. The summed E-state index contributed by atoms with van der Waals surface area (Å²) in [6, 6.07) is 5.70. The van der Waals surface area contributed by atoms with Crippen LogP contribution in [0.3, 0.4) is 0 Å². The number of hydrazone groups is 1. The first kappa shape index (κ1) is 12.3. The second-order valence-electron chi connectivity index (χ2n) is 3.44. The SMILES string of the molecule is CCc1cc(/C(N)=N/N(C)N)ccc1OC. The number of aryl methyl sites for hydroxylation is 1. The standard InChI is InChI=1S/C11H18N4O/c1-4-8-7-9(5-6-10(8)16-3)11(12)14-15(2)13/h5-7H,4,13H2,1-3H3,(H2,12,14). The number of hydrogen-bond donors (Lipinski definition) is 2. The molecular weight excluding hydrogens is 204 g/mol. The van der Waals surface area contributed by atoms with E-state index in [-0.39, 0.29) is 0 Å². The molecule has 0 aliphatic rings. The van der Waals surface area contributed by atoms with Crippen LogP contribution in [-0.4, -0.2) is 25.1 Å². The molecule has 0 aromatic heterocycles. The molecule has 0 aliphatic heterocycles. The second kappa shape index (κ2) is 5.37. The van der Waals surface area contributed by atoms with Crippen LogP contribution in [0.25, 0.3) is 0 Å². The fourth-order valence-electron chi connectivity index (χ4n) is 1.44. The lowest BCUT2D eigenvalue weighted by Crippen LogP contribution is -2.25. The maximum Gasteiger partial charge on any atom is 0.152 e. The quantitative estimate of drug-likeness (QED) is 0.340. The predicted molar refractivity (Wildman–Crippen MR) is 65.0 cm³/mol. The molecule has 0 saturated heterocycles. The van der Waals surface area contributed by atoms with Gasteiger partial charge in [0.2, 0.25) is 0 Å². The number of hydrogen-bond acceptors (Lipinski definition) is 4.